The molecule has 0 bridgehead atoms. The summed E-state index contributed by atoms with van der Waals surface area (Å²) in [6, 6.07) is 4.17. The van der Waals surface area contributed by atoms with E-state index in [4.69, 9.17) is 0 Å². The minimum atomic E-state index is 0.341. The summed E-state index contributed by atoms with van der Waals surface area (Å²) >= 11 is 1.76. The number of rotatable bonds is 2. The summed E-state index contributed by atoms with van der Waals surface area (Å²) in [4.78, 5) is 12.3. The topological polar surface area (TPSA) is 17.1 Å². The highest BCUT2D eigenvalue weighted by Crippen LogP contribution is 2.49. The smallest absolute Gasteiger partial charge is 0.133 e. The van der Waals surface area contributed by atoms with Crippen molar-refractivity contribution in [2.45, 2.75) is 19.3 Å². The number of carbonyl (C=O) groups excluding carboxylic acids is 1. The highest BCUT2D eigenvalue weighted by atomic mass is 32.1. The van der Waals surface area contributed by atoms with Crippen molar-refractivity contribution in [2.24, 2.45) is 5.92 Å². The highest BCUT2D eigenvalue weighted by Gasteiger charge is 2.42. The van der Waals surface area contributed by atoms with Gasteiger partial charge in [-0.15, -0.1) is 11.3 Å². The molecular formula is C9H10OS. The number of ketones is 1. The predicted octanol–water partition coefficient (Wildman–Crippen LogP) is 2.44. The molecule has 2 atom stereocenters. The van der Waals surface area contributed by atoms with Gasteiger partial charge in [0, 0.05) is 16.7 Å². The Bertz CT molecular complexity index is 263. The van der Waals surface area contributed by atoms with Crippen molar-refractivity contribution in [1.29, 1.82) is 0 Å². The van der Waals surface area contributed by atoms with Crippen LogP contribution in [-0.2, 0) is 4.79 Å². The Morgan fingerprint density at radius 1 is 1.73 bits per heavy atom. The van der Waals surface area contributed by atoms with Gasteiger partial charge in [0.15, 0.2) is 0 Å². The second-order valence-corrected chi connectivity index (χ2v) is 4.05. The van der Waals surface area contributed by atoms with E-state index in [1.165, 1.54) is 4.88 Å². The van der Waals surface area contributed by atoms with Gasteiger partial charge < -0.3 is 0 Å². The standard InChI is InChI=1S/C9H10OS/c1-6(10)7-5-8(7)9-3-2-4-11-9/h2-4,7-8H,5H2,1H3/t7-,8-/m1/s1. The predicted molar refractivity (Wildman–Crippen MR) is 45.8 cm³/mol. The van der Waals surface area contributed by atoms with Crippen LogP contribution >= 0.6 is 11.3 Å². The third-order valence-electron chi connectivity index (χ3n) is 2.22. The van der Waals surface area contributed by atoms with Gasteiger partial charge in [0.1, 0.15) is 5.78 Å². The quantitative estimate of drug-likeness (QED) is 0.659. The van der Waals surface area contributed by atoms with Crippen LogP contribution in [0.2, 0.25) is 0 Å². The first kappa shape index (κ1) is 7.04. The number of hydrogen-bond acceptors (Lipinski definition) is 2. The van der Waals surface area contributed by atoms with Gasteiger partial charge in [-0.1, -0.05) is 6.07 Å². The molecule has 1 aromatic rings. The van der Waals surface area contributed by atoms with Gasteiger partial charge in [-0.25, -0.2) is 0 Å². The van der Waals surface area contributed by atoms with E-state index in [0.717, 1.165) is 6.42 Å². The van der Waals surface area contributed by atoms with Crippen LogP contribution in [-0.4, -0.2) is 5.78 Å². The van der Waals surface area contributed by atoms with Gasteiger partial charge in [-0.3, -0.25) is 4.79 Å². The summed E-state index contributed by atoms with van der Waals surface area (Å²) in [5.41, 5.74) is 0. The van der Waals surface area contributed by atoms with Crippen LogP contribution in [0.25, 0.3) is 0 Å². The molecule has 0 aromatic carbocycles. The molecule has 0 amide bonds. The largest absolute Gasteiger partial charge is 0.300 e. The third-order valence-corrected chi connectivity index (χ3v) is 3.23. The molecule has 1 saturated carbocycles. The molecule has 58 valence electrons. The van der Waals surface area contributed by atoms with Gasteiger partial charge in [0.05, 0.1) is 0 Å². The Morgan fingerprint density at radius 2 is 2.55 bits per heavy atom. The zero-order chi connectivity index (χ0) is 7.84. The van der Waals surface area contributed by atoms with Crippen LogP contribution < -0.4 is 0 Å². The van der Waals surface area contributed by atoms with E-state index in [1.807, 2.05) is 0 Å². The van der Waals surface area contributed by atoms with Crippen molar-refractivity contribution in [3.63, 3.8) is 0 Å². The average molecular weight is 166 g/mol. The maximum atomic E-state index is 10.9. The van der Waals surface area contributed by atoms with E-state index in [0.29, 0.717) is 17.6 Å². The molecule has 1 nitrogen and oxygen atoms in total. The number of Topliss-reactive ketones (excluding diaryl/α,β-unsaturated/α-hetero) is 1. The van der Waals surface area contributed by atoms with E-state index in [1.54, 1.807) is 18.3 Å². The summed E-state index contributed by atoms with van der Waals surface area (Å²) in [6.07, 6.45) is 1.08. The maximum absolute atomic E-state index is 10.9. The molecule has 0 saturated heterocycles. The summed E-state index contributed by atoms with van der Waals surface area (Å²) in [6.45, 7) is 1.69. The van der Waals surface area contributed by atoms with Crippen LogP contribution in [0.5, 0.6) is 0 Å². The fourth-order valence-electron chi connectivity index (χ4n) is 1.46. The third kappa shape index (κ3) is 1.23. The zero-order valence-corrected chi connectivity index (χ0v) is 7.23. The van der Waals surface area contributed by atoms with Crippen LogP contribution in [0.4, 0.5) is 0 Å². The van der Waals surface area contributed by atoms with Gasteiger partial charge in [0.2, 0.25) is 0 Å². The Morgan fingerprint density at radius 3 is 3.00 bits per heavy atom. The Hall–Kier alpha value is -0.630. The number of carbonyl (C=O) groups is 1. The molecule has 1 heterocycles. The number of thiophene rings is 1. The monoisotopic (exact) mass is 166 g/mol. The second kappa shape index (κ2) is 2.45. The van der Waals surface area contributed by atoms with Gasteiger partial charge in [-0.2, -0.15) is 0 Å². The molecule has 11 heavy (non-hydrogen) atoms. The highest BCUT2D eigenvalue weighted by molar-refractivity contribution is 7.10. The molecule has 0 N–H and O–H groups in total. The van der Waals surface area contributed by atoms with Crippen molar-refractivity contribution < 1.29 is 4.79 Å². The molecule has 1 aromatic heterocycles. The minimum Gasteiger partial charge on any atom is -0.300 e. The van der Waals surface area contributed by atoms with Gasteiger partial charge in [0.25, 0.3) is 0 Å². The van der Waals surface area contributed by atoms with Crippen molar-refractivity contribution in [2.75, 3.05) is 0 Å². The second-order valence-electron chi connectivity index (χ2n) is 3.07. The fourth-order valence-corrected chi connectivity index (χ4v) is 2.37. The molecule has 2 heteroatoms. The molecule has 0 unspecified atom stereocenters. The van der Waals surface area contributed by atoms with Gasteiger partial charge in [-0.05, 0) is 24.8 Å². The first-order valence-electron chi connectivity index (χ1n) is 3.83. The normalized spacial score (nSPS) is 28.5. The lowest BCUT2D eigenvalue weighted by Crippen LogP contribution is -1.93. The first-order valence-corrected chi connectivity index (χ1v) is 4.71. The van der Waals surface area contributed by atoms with Crippen molar-refractivity contribution >= 4 is 17.1 Å². The summed E-state index contributed by atoms with van der Waals surface area (Å²) in [5.74, 6) is 1.25. The lowest BCUT2D eigenvalue weighted by Gasteiger charge is -1.89. The summed E-state index contributed by atoms with van der Waals surface area (Å²) in [5, 5.41) is 2.07. The Labute approximate surface area is 70.1 Å². The number of hydrogen-bond donors (Lipinski definition) is 0. The van der Waals surface area contributed by atoms with Gasteiger partial charge >= 0.3 is 0 Å². The van der Waals surface area contributed by atoms with E-state index >= 15 is 0 Å². The lowest BCUT2D eigenvalue weighted by atomic mass is 10.2. The summed E-state index contributed by atoms with van der Waals surface area (Å²) < 4.78 is 0. The lowest BCUT2D eigenvalue weighted by molar-refractivity contribution is -0.118. The molecular weight excluding hydrogens is 156 g/mol. The van der Waals surface area contributed by atoms with Crippen LogP contribution in [0.1, 0.15) is 24.1 Å². The molecule has 1 fully saturated rings. The molecule has 1 aliphatic rings. The molecule has 0 radical (unpaired) electrons. The fraction of sp³-hybridized carbons (Fsp3) is 0.444. The molecule has 0 spiro atoms. The Kier molecular flexibility index (Phi) is 1.57. The molecule has 0 aliphatic heterocycles. The zero-order valence-electron chi connectivity index (χ0n) is 6.41. The average Bonchev–Trinajstić information content (AvgIpc) is 2.60. The molecule has 2 rings (SSSR count). The molecule has 1 aliphatic carbocycles. The summed E-state index contributed by atoms with van der Waals surface area (Å²) in [7, 11) is 0. The van der Waals surface area contributed by atoms with Crippen molar-refractivity contribution in [3.05, 3.63) is 22.4 Å². The minimum absolute atomic E-state index is 0.341. The van der Waals surface area contributed by atoms with E-state index < -0.39 is 0 Å². The van der Waals surface area contributed by atoms with Crippen molar-refractivity contribution in [1.82, 2.24) is 0 Å². The van der Waals surface area contributed by atoms with E-state index in [9.17, 15) is 4.79 Å². The SMILES string of the molecule is CC(=O)[C@H]1C[C@H]1c1cccs1. The van der Waals surface area contributed by atoms with E-state index in [-0.39, 0.29) is 0 Å². The van der Waals surface area contributed by atoms with Crippen LogP contribution in [0.15, 0.2) is 17.5 Å². The van der Waals surface area contributed by atoms with Crippen molar-refractivity contribution in [3.8, 4) is 0 Å². The van der Waals surface area contributed by atoms with Crippen LogP contribution in [0, 0.1) is 5.92 Å². The maximum Gasteiger partial charge on any atom is 0.133 e. The van der Waals surface area contributed by atoms with Crippen LogP contribution in [0.3, 0.4) is 0 Å². The van der Waals surface area contributed by atoms with E-state index in [2.05, 4.69) is 17.5 Å². The Balaban J connectivity index is 2.08. The first-order chi connectivity index (χ1) is 5.29.